The lowest BCUT2D eigenvalue weighted by atomic mass is 9.89. The number of benzene rings is 7. The van der Waals surface area contributed by atoms with E-state index in [0.29, 0.717) is 17.5 Å². The fraction of sp³-hybridized carbons (Fsp3) is 0. The van der Waals surface area contributed by atoms with Gasteiger partial charge in [0.25, 0.3) is 0 Å². The van der Waals surface area contributed by atoms with Gasteiger partial charge in [0.15, 0.2) is 17.5 Å². The zero-order valence-corrected chi connectivity index (χ0v) is 30.5. The van der Waals surface area contributed by atoms with E-state index in [-0.39, 0.29) is 0 Å². The smallest absolute Gasteiger partial charge is 0.164 e. The monoisotopic (exact) mass is 720 g/mol. The van der Waals surface area contributed by atoms with Crippen LogP contribution in [0.25, 0.3) is 99.1 Å². The van der Waals surface area contributed by atoms with E-state index in [1.807, 2.05) is 84.1 Å². The van der Waals surface area contributed by atoms with Crippen molar-refractivity contribution >= 4 is 31.5 Å². The Balaban J connectivity index is 1.26. The van der Waals surface area contributed by atoms with E-state index in [1.54, 1.807) is 0 Å². The summed E-state index contributed by atoms with van der Waals surface area (Å²) >= 11 is 1.83. The molecule has 0 unspecified atom stereocenters. The molecule has 0 fully saturated rings. The van der Waals surface area contributed by atoms with Crippen molar-refractivity contribution in [2.24, 2.45) is 0 Å². The Bertz CT molecular complexity index is 2850. The molecule has 10 rings (SSSR count). The van der Waals surface area contributed by atoms with Crippen LogP contribution in [0.15, 0.2) is 194 Å². The van der Waals surface area contributed by atoms with Crippen molar-refractivity contribution in [1.29, 1.82) is 0 Å². The first-order valence-electron chi connectivity index (χ1n) is 18.3. The van der Waals surface area contributed by atoms with E-state index in [0.717, 1.165) is 55.9 Å². The van der Waals surface area contributed by atoms with Crippen LogP contribution in [0.4, 0.5) is 0 Å². The number of pyridine rings is 1. The summed E-state index contributed by atoms with van der Waals surface area (Å²) in [6.45, 7) is 0. The third-order valence-corrected chi connectivity index (χ3v) is 11.1. The number of thiophene rings is 1. The minimum absolute atomic E-state index is 0.611. The second kappa shape index (κ2) is 14.0. The summed E-state index contributed by atoms with van der Waals surface area (Å²) in [6.07, 6.45) is 0. The van der Waals surface area contributed by atoms with Crippen LogP contribution in [-0.2, 0) is 0 Å². The SMILES string of the molecule is c1ccc(-c2cc(-c3cc(-c4nc(-c5ccccc5)nc(-c5ccccc5)n4)ccc3-c3cccc4sc5ccccc5c34)cc(-c3ccccc3)n2)cc1. The van der Waals surface area contributed by atoms with Crippen LogP contribution >= 0.6 is 11.3 Å². The summed E-state index contributed by atoms with van der Waals surface area (Å²) in [5.74, 6) is 1.87. The Labute approximate surface area is 323 Å². The molecule has 4 nitrogen and oxygen atoms in total. The summed E-state index contributed by atoms with van der Waals surface area (Å²) in [7, 11) is 0. The number of fused-ring (bicyclic) bond motifs is 3. The van der Waals surface area contributed by atoms with Gasteiger partial charge in [0.2, 0.25) is 0 Å². The van der Waals surface area contributed by atoms with Crippen LogP contribution < -0.4 is 0 Å². The third kappa shape index (κ3) is 6.27. The summed E-state index contributed by atoms with van der Waals surface area (Å²) in [4.78, 5) is 20.4. The van der Waals surface area contributed by atoms with Gasteiger partial charge in [0, 0.05) is 48.0 Å². The van der Waals surface area contributed by atoms with Gasteiger partial charge >= 0.3 is 0 Å². The number of aromatic nitrogens is 4. The Hall–Kier alpha value is -7.08. The molecule has 0 aliphatic rings. The largest absolute Gasteiger partial charge is 0.248 e. The lowest BCUT2D eigenvalue weighted by Gasteiger charge is -2.17. The van der Waals surface area contributed by atoms with Gasteiger partial charge in [-0.3, -0.25) is 0 Å². The quantitative estimate of drug-likeness (QED) is 0.164. The van der Waals surface area contributed by atoms with Gasteiger partial charge in [-0.05, 0) is 52.6 Å². The second-order valence-corrected chi connectivity index (χ2v) is 14.5. The minimum Gasteiger partial charge on any atom is -0.248 e. The zero-order chi connectivity index (χ0) is 36.6. The molecule has 0 aliphatic carbocycles. The van der Waals surface area contributed by atoms with E-state index in [4.69, 9.17) is 19.9 Å². The maximum atomic E-state index is 5.22. The van der Waals surface area contributed by atoms with Gasteiger partial charge in [0.05, 0.1) is 11.4 Å². The van der Waals surface area contributed by atoms with Gasteiger partial charge in [-0.25, -0.2) is 19.9 Å². The predicted octanol–water partition coefficient (Wildman–Crippen LogP) is 13.3. The number of rotatable bonds is 7. The first-order chi connectivity index (χ1) is 27.2. The fourth-order valence-corrected chi connectivity index (χ4v) is 8.43. The molecule has 10 aromatic rings. The van der Waals surface area contributed by atoms with Crippen molar-refractivity contribution in [3.63, 3.8) is 0 Å². The molecule has 0 atom stereocenters. The number of hydrogen-bond acceptors (Lipinski definition) is 5. The Morgan fingerprint density at radius 2 is 0.782 bits per heavy atom. The Kier molecular flexibility index (Phi) is 8.32. The molecular weight excluding hydrogens is 689 g/mol. The second-order valence-electron chi connectivity index (χ2n) is 13.4. The first kappa shape index (κ1) is 32.6. The summed E-state index contributed by atoms with van der Waals surface area (Å²) in [5, 5.41) is 2.52. The van der Waals surface area contributed by atoms with Crippen LogP contribution in [0.1, 0.15) is 0 Å². The molecule has 0 radical (unpaired) electrons. The molecule has 7 aromatic carbocycles. The highest BCUT2D eigenvalue weighted by Crippen LogP contribution is 2.44. The molecule has 3 heterocycles. The lowest BCUT2D eigenvalue weighted by Crippen LogP contribution is -2.00. The lowest BCUT2D eigenvalue weighted by molar-refractivity contribution is 1.07. The van der Waals surface area contributed by atoms with E-state index in [2.05, 4.69) is 121 Å². The molecule has 0 aliphatic heterocycles. The maximum Gasteiger partial charge on any atom is 0.164 e. The molecular formula is C50H32N4S. The number of nitrogens with zero attached hydrogens (tertiary/aromatic N) is 4. The molecule has 0 saturated carbocycles. The van der Waals surface area contributed by atoms with Crippen molar-refractivity contribution in [3.8, 4) is 78.9 Å². The molecule has 0 bridgehead atoms. The normalized spacial score (nSPS) is 11.3. The highest BCUT2D eigenvalue weighted by molar-refractivity contribution is 7.25. The van der Waals surface area contributed by atoms with Gasteiger partial charge < -0.3 is 0 Å². The van der Waals surface area contributed by atoms with Crippen LogP contribution in [0, 0.1) is 0 Å². The van der Waals surface area contributed by atoms with E-state index in [1.165, 1.54) is 25.7 Å². The third-order valence-electron chi connectivity index (χ3n) is 9.95. The highest BCUT2D eigenvalue weighted by atomic mass is 32.1. The van der Waals surface area contributed by atoms with Gasteiger partial charge in [-0.1, -0.05) is 164 Å². The average Bonchev–Trinajstić information content (AvgIpc) is 3.66. The molecule has 258 valence electrons. The first-order valence-corrected chi connectivity index (χ1v) is 19.1. The molecule has 0 spiro atoms. The molecule has 0 saturated heterocycles. The van der Waals surface area contributed by atoms with E-state index >= 15 is 0 Å². The maximum absolute atomic E-state index is 5.22. The van der Waals surface area contributed by atoms with Crippen LogP contribution in [0.3, 0.4) is 0 Å². The van der Waals surface area contributed by atoms with Gasteiger partial charge in [-0.15, -0.1) is 11.3 Å². The summed E-state index contributed by atoms with van der Waals surface area (Å²) in [6, 6.07) is 67.5. The minimum atomic E-state index is 0.611. The van der Waals surface area contributed by atoms with Crippen molar-refractivity contribution in [2.75, 3.05) is 0 Å². The van der Waals surface area contributed by atoms with Gasteiger partial charge in [0.1, 0.15) is 0 Å². The molecule has 55 heavy (non-hydrogen) atoms. The molecule has 0 amide bonds. The average molecular weight is 721 g/mol. The molecule has 3 aromatic heterocycles. The predicted molar refractivity (Wildman–Crippen MR) is 229 cm³/mol. The molecule has 0 N–H and O–H groups in total. The standard InChI is InChI=1S/C50H32N4S/c1-5-16-33(17-6-1)43-31-38(32-44(51-43)34-18-7-2-8-19-34)42-30-37(28-29-39(42)40-25-15-27-46-47(40)41-24-13-14-26-45(41)55-46)50-53-48(35-20-9-3-10-21-35)52-49(54-50)36-22-11-4-12-23-36/h1-32H. The summed E-state index contributed by atoms with van der Waals surface area (Å²) in [5.41, 5.74) is 11.1. The highest BCUT2D eigenvalue weighted by Gasteiger charge is 2.19. The Morgan fingerprint density at radius 3 is 1.36 bits per heavy atom. The fourth-order valence-electron chi connectivity index (χ4n) is 7.29. The van der Waals surface area contributed by atoms with E-state index in [9.17, 15) is 0 Å². The van der Waals surface area contributed by atoms with E-state index < -0.39 is 0 Å². The zero-order valence-electron chi connectivity index (χ0n) is 29.7. The Morgan fingerprint density at radius 1 is 0.291 bits per heavy atom. The van der Waals surface area contributed by atoms with Gasteiger partial charge in [-0.2, -0.15) is 0 Å². The van der Waals surface area contributed by atoms with Crippen molar-refractivity contribution in [3.05, 3.63) is 194 Å². The van der Waals surface area contributed by atoms with Crippen molar-refractivity contribution in [1.82, 2.24) is 19.9 Å². The number of hydrogen-bond donors (Lipinski definition) is 0. The van der Waals surface area contributed by atoms with Crippen molar-refractivity contribution in [2.45, 2.75) is 0 Å². The molecule has 5 heteroatoms. The van der Waals surface area contributed by atoms with Crippen LogP contribution in [0.2, 0.25) is 0 Å². The van der Waals surface area contributed by atoms with Crippen LogP contribution in [-0.4, -0.2) is 19.9 Å². The topological polar surface area (TPSA) is 51.6 Å². The summed E-state index contributed by atoms with van der Waals surface area (Å²) < 4.78 is 2.53. The van der Waals surface area contributed by atoms with Crippen LogP contribution in [0.5, 0.6) is 0 Å². The van der Waals surface area contributed by atoms with Crippen molar-refractivity contribution < 1.29 is 0 Å².